The smallest absolute Gasteiger partial charge is 0.313 e. The molecule has 0 amide bonds. The molecule has 0 aliphatic heterocycles. The van der Waals surface area contributed by atoms with Crippen LogP contribution in [0.5, 0.6) is 0 Å². The Bertz CT molecular complexity index is 566. The van der Waals surface area contributed by atoms with Crippen molar-refractivity contribution in [1.82, 2.24) is 14.8 Å². The quantitative estimate of drug-likeness (QED) is 0.796. The predicted octanol–water partition coefficient (Wildman–Crippen LogP) is 3.08. The summed E-state index contributed by atoms with van der Waals surface area (Å²) in [5, 5.41) is 19.9. The lowest BCUT2D eigenvalue weighted by molar-refractivity contribution is -0.133. The predicted molar refractivity (Wildman–Crippen MR) is 80.5 cm³/mol. The van der Waals surface area contributed by atoms with Gasteiger partial charge in [0.05, 0.1) is 11.8 Å². The number of thiophene rings is 1. The van der Waals surface area contributed by atoms with Gasteiger partial charge in [-0.25, -0.2) is 0 Å². The second-order valence-electron chi connectivity index (χ2n) is 4.39. The molecule has 0 aromatic carbocycles. The third-order valence-corrected chi connectivity index (χ3v) is 4.85. The molecule has 0 aliphatic rings. The minimum absolute atomic E-state index is 0.00141. The Morgan fingerprint density at radius 2 is 2.35 bits per heavy atom. The van der Waals surface area contributed by atoms with E-state index in [2.05, 4.69) is 34.7 Å². The lowest BCUT2D eigenvalue weighted by atomic mass is 10.2. The highest BCUT2D eigenvalue weighted by molar-refractivity contribution is 7.99. The van der Waals surface area contributed by atoms with Gasteiger partial charge >= 0.3 is 5.97 Å². The number of nitrogens with zero attached hydrogens (tertiary/aromatic N) is 3. The second kappa shape index (κ2) is 6.90. The first kappa shape index (κ1) is 15.1. The third kappa shape index (κ3) is 3.40. The Morgan fingerprint density at radius 3 is 2.95 bits per heavy atom. The standard InChI is InChI=1S/C13H17N3O2S2/c1-3-5-11-14-15-13(20-8-12(17)18)16(11)9(2)10-6-4-7-19-10/h4,6-7,9H,3,5,8H2,1-2H3,(H,17,18). The zero-order chi connectivity index (χ0) is 14.5. The van der Waals surface area contributed by atoms with Crippen LogP contribution in [0.3, 0.4) is 0 Å². The van der Waals surface area contributed by atoms with Gasteiger partial charge in [0.2, 0.25) is 0 Å². The zero-order valence-corrected chi connectivity index (χ0v) is 13.1. The number of rotatable bonds is 7. The monoisotopic (exact) mass is 311 g/mol. The van der Waals surface area contributed by atoms with Crippen molar-refractivity contribution in [3.63, 3.8) is 0 Å². The molecule has 2 rings (SSSR count). The van der Waals surface area contributed by atoms with E-state index in [9.17, 15) is 4.79 Å². The lowest BCUT2D eigenvalue weighted by Crippen LogP contribution is -2.12. The van der Waals surface area contributed by atoms with E-state index in [0.29, 0.717) is 5.16 Å². The Kier molecular flexibility index (Phi) is 5.19. The summed E-state index contributed by atoms with van der Waals surface area (Å²) >= 11 is 2.91. The van der Waals surface area contributed by atoms with E-state index in [4.69, 9.17) is 5.11 Å². The zero-order valence-electron chi connectivity index (χ0n) is 11.4. The summed E-state index contributed by atoms with van der Waals surface area (Å²) in [6.07, 6.45) is 1.83. The first-order chi connectivity index (χ1) is 9.63. The molecule has 1 unspecified atom stereocenters. The lowest BCUT2D eigenvalue weighted by Gasteiger charge is -2.16. The first-order valence-corrected chi connectivity index (χ1v) is 8.31. The van der Waals surface area contributed by atoms with E-state index in [0.717, 1.165) is 18.7 Å². The van der Waals surface area contributed by atoms with Crippen molar-refractivity contribution in [2.24, 2.45) is 0 Å². The molecule has 0 spiro atoms. The van der Waals surface area contributed by atoms with E-state index in [1.807, 2.05) is 11.4 Å². The highest BCUT2D eigenvalue weighted by Crippen LogP contribution is 2.29. The number of carboxylic acids is 1. The summed E-state index contributed by atoms with van der Waals surface area (Å²) in [4.78, 5) is 12.0. The Balaban J connectivity index is 2.31. The van der Waals surface area contributed by atoms with Crippen LogP contribution in [0, 0.1) is 0 Å². The van der Waals surface area contributed by atoms with Gasteiger partial charge in [0.25, 0.3) is 0 Å². The Labute approximate surface area is 126 Å². The maximum Gasteiger partial charge on any atom is 0.313 e. The fraction of sp³-hybridized carbons (Fsp3) is 0.462. The van der Waals surface area contributed by atoms with Gasteiger partial charge in [-0.1, -0.05) is 24.8 Å². The van der Waals surface area contributed by atoms with Crippen LogP contribution in [0.1, 0.15) is 37.0 Å². The molecule has 1 atom stereocenters. The van der Waals surface area contributed by atoms with Crippen molar-refractivity contribution in [3.8, 4) is 0 Å². The number of thioether (sulfide) groups is 1. The highest BCUT2D eigenvalue weighted by atomic mass is 32.2. The molecule has 0 saturated carbocycles. The van der Waals surface area contributed by atoms with Crippen LogP contribution in [0.2, 0.25) is 0 Å². The minimum atomic E-state index is -0.842. The largest absolute Gasteiger partial charge is 0.481 e. The van der Waals surface area contributed by atoms with Gasteiger partial charge in [-0.05, 0) is 24.8 Å². The molecule has 7 heteroatoms. The first-order valence-electron chi connectivity index (χ1n) is 6.45. The van der Waals surface area contributed by atoms with Gasteiger partial charge in [0, 0.05) is 11.3 Å². The van der Waals surface area contributed by atoms with E-state index < -0.39 is 5.97 Å². The molecular formula is C13H17N3O2S2. The van der Waals surface area contributed by atoms with Crippen LogP contribution in [-0.4, -0.2) is 31.6 Å². The summed E-state index contributed by atoms with van der Waals surface area (Å²) in [6.45, 7) is 4.19. The van der Waals surface area contributed by atoms with Crippen molar-refractivity contribution in [3.05, 3.63) is 28.2 Å². The van der Waals surface area contributed by atoms with Crippen molar-refractivity contribution in [2.45, 2.75) is 37.9 Å². The maximum absolute atomic E-state index is 10.7. The molecule has 108 valence electrons. The van der Waals surface area contributed by atoms with Crippen LogP contribution in [0.25, 0.3) is 0 Å². The SMILES string of the molecule is CCCc1nnc(SCC(=O)O)n1C(C)c1cccs1. The highest BCUT2D eigenvalue weighted by Gasteiger charge is 2.19. The fourth-order valence-corrected chi connectivity index (χ4v) is 3.50. The fourth-order valence-electron chi connectivity index (χ4n) is 1.97. The molecule has 2 heterocycles. The van der Waals surface area contributed by atoms with Gasteiger partial charge in [-0.15, -0.1) is 21.5 Å². The van der Waals surface area contributed by atoms with Gasteiger partial charge < -0.3 is 5.11 Å². The molecule has 5 nitrogen and oxygen atoms in total. The normalized spacial score (nSPS) is 12.5. The van der Waals surface area contributed by atoms with Crippen molar-refractivity contribution >= 4 is 29.1 Å². The van der Waals surface area contributed by atoms with E-state index in [-0.39, 0.29) is 11.8 Å². The van der Waals surface area contributed by atoms with Crippen molar-refractivity contribution < 1.29 is 9.90 Å². The van der Waals surface area contributed by atoms with Crippen molar-refractivity contribution in [1.29, 1.82) is 0 Å². The summed E-state index contributed by atoms with van der Waals surface area (Å²) < 4.78 is 2.06. The van der Waals surface area contributed by atoms with Gasteiger partial charge in [0.1, 0.15) is 5.82 Å². The number of hydrogen-bond acceptors (Lipinski definition) is 5. The molecule has 20 heavy (non-hydrogen) atoms. The summed E-state index contributed by atoms with van der Waals surface area (Å²) in [6, 6.07) is 4.23. The number of aryl methyl sites for hydroxylation is 1. The van der Waals surface area contributed by atoms with E-state index >= 15 is 0 Å². The topological polar surface area (TPSA) is 68.0 Å². The van der Waals surface area contributed by atoms with Gasteiger partial charge in [0.15, 0.2) is 5.16 Å². The molecule has 2 aromatic heterocycles. The molecule has 0 fully saturated rings. The Hall–Kier alpha value is -1.34. The molecular weight excluding hydrogens is 294 g/mol. The average Bonchev–Trinajstić information content (AvgIpc) is 3.05. The average molecular weight is 311 g/mol. The summed E-state index contributed by atoms with van der Waals surface area (Å²) in [5.41, 5.74) is 0. The van der Waals surface area contributed by atoms with E-state index in [1.165, 1.54) is 16.6 Å². The number of carboxylic acid groups (broad SMARTS) is 1. The minimum Gasteiger partial charge on any atom is -0.481 e. The molecule has 1 N–H and O–H groups in total. The van der Waals surface area contributed by atoms with Crippen LogP contribution in [0.4, 0.5) is 0 Å². The van der Waals surface area contributed by atoms with Crippen LogP contribution < -0.4 is 0 Å². The van der Waals surface area contributed by atoms with Crippen LogP contribution in [-0.2, 0) is 11.2 Å². The molecule has 0 bridgehead atoms. The van der Waals surface area contributed by atoms with Gasteiger partial charge in [-0.3, -0.25) is 9.36 Å². The second-order valence-corrected chi connectivity index (χ2v) is 6.31. The molecule has 2 aromatic rings. The molecule has 0 saturated heterocycles. The summed E-state index contributed by atoms with van der Waals surface area (Å²) in [5.74, 6) is 0.0770. The number of hydrogen-bond donors (Lipinski definition) is 1. The molecule has 0 radical (unpaired) electrons. The summed E-state index contributed by atoms with van der Waals surface area (Å²) in [7, 11) is 0. The number of aromatic nitrogens is 3. The van der Waals surface area contributed by atoms with Crippen LogP contribution >= 0.6 is 23.1 Å². The maximum atomic E-state index is 10.7. The Morgan fingerprint density at radius 1 is 1.55 bits per heavy atom. The molecule has 0 aliphatic carbocycles. The number of aliphatic carboxylic acids is 1. The van der Waals surface area contributed by atoms with E-state index in [1.54, 1.807) is 11.3 Å². The van der Waals surface area contributed by atoms with Crippen molar-refractivity contribution in [2.75, 3.05) is 5.75 Å². The van der Waals surface area contributed by atoms with Gasteiger partial charge in [-0.2, -0.15) is 0 Å². The number of carbonyl (C=O) groups is 1. The van der Waals surface area contributed by atoms with Crippen LogP contribution in [0.15, 0.2) is 22.7 Å². The third-order valence-electron chi connectivity index (χ3n) is 2.88.